The number of nitrogens with one attached hydrogen (secondary N) is 2. The minimum atomic E-state index is -0.427. The molecule has 1 aliphatic carbocycles. The molecular formula is C25H24N2O5. The molecule has 3 aromatic rings. The lowest BCUT2D eigenvalue weighted by Gasteiger charge is -2.14. The zero-order valence-electron chi connectivity index (χ0n) is 18.2. The Kier molecular flexibility index (Phi) is 5.98. The predicted octanol–water partition coefficient (Wildman–Crippen LogP) is 3.65. The lowest BCUT2D eigenvalue weighted by atomic mass is 10.1. The highest BCUT2D eigenvalue weighted by molar-refractivity contribution is 6.00. The van der Waals surface area contributed by atoms with E-state index in [0.29, 0.717) is 28.5 Å². The van der Waals surface area contributed by atoms with Crippen LogP contribution in [0.2, 0.25) is 0 Å². The van der Waals surface area contributed by atoms with Crippen molar-refractivity contribution in [3.05, 3.63) is 71.3 Å². The summed E-state index contributed by atoms with van der Waals surface area (Å²) in [7, 11) is 4.44. The van der Waals surface area contributed by atoms with Crippen LogP contribution in [-0.2, 0) is 11.2 Å². The van der Waals surface area contributed by atoms with Gasteiger partial charge in [-0.1, -0.05) is 30.3 Å². The van der Waals surface area contributed by atoms with Gasteiger partial charge >= 0.3 is 0 Å². The van der Waals surface area contributed by atoms with E-state index in [0.717, 1.165) is 6.42 Å². The van der Waals surface area contributed by atoms with Crippen LogP contribution in [0, 0.1) is 0 Å². The lowest BCUT2D eigenvalue weighted by Crippen LogP contribution is -2.32. The van der Waals surface area contributed by atoms with Crippen LogP contribution < -0.4 is 24.8 Å². The van der Waals surface area contributed by atoms with E-state index in [1.807, 2.05) is 30.3 Å². The predicted molar refractivity (Wildman–Crippen MR) is 122 cm³/mol. The van der Waals surface area contributed by atoms with Crippen LogP contribution in [0.5, 0.6) is 17.2 Å². The number of amides is 2. The fourth-order valence-corrected chi connectivity index (χ4v) is 3.90. The van der Waals surface area contributed by atoms with Gasteiger partial charge in [0.25, 0.3) is 5.91 Å². The molecule has 0 fully saturated rings. The highest BCUT2D eigenvalue weighted by Gasteiger charge is 2.19. The first kappa shape index (κ1) is 21.2. The van der Waals surface area contributed by atoms with Gasteiger partial charge in [0.05, 0.1) is 27.9 Å². The zero-order valence-corrected chi connectivity index (χ0v) is 18.2. The summed E-state index contributed by atoms with van der Waals surface area (Å²) in [5.74, 6) is 0.370. The van der Waals surface area contributed by atoms with Gasteiger partial charge in [0.2, 0.25) is 11.7 Å². The first-order chi connectivity index (χ1) is 15.5. The maximum atomic E-state index is 12.6. The average Bonchev–Trinajstić information content (AvgIpc) is 3.19. The van der Waals surface area contributed by atoms with Crippen molar-refractivity contribution in [3.8, 4) is 28.4 Å². The van der Waals surface area contributed by atoms with Gasteiger partial charge in [0, 0.05) is 11.3 Å². The Morgan fingerprint density at radius 3 is 2.22 bits per heavy atom. The van der Waals surface area contributed by atoms with Crippen LogP contribution in [0.15, 0.2) is 54.6 Å². The molecule has 0 radical (unpaired) electrons. The first-order valence-electron chi connectivity index (χ1n) is 10.1. The molecule has 7 nitrogen and oxygen atoms in total. The quantitative estimate of drug-likeness (QED) is 0.466. The summed E-state index contributed by atoms with van der Waals surface area (Å²) >= 11 is 0. The van der Waals surface area contributed by atoms with E-state index in [1.165, 1.54) is 55.7 Å². The summed E-state index contributed by atoms with van der Waals surface area (Å²) in [6.07, 6.45) is 0.840. The Balaban J connectivity index is 1.40. The molecular weight excluding hydrogens is 408 g/mol. The molecule has 0 aromatic heterocycles. The second-order valence-corrected chi connectivity index (χ2v) is 7.35. The van der Waals surface area contributed by atoms with Crippen molar-refractivity contribution in [1.29, 1.82) is 0 Å². The average molecular weight is 432 g/mol. The number of fused-ring (bicyclic) bond motifs is 3. The third-order valence-electron chi connectivity index (χ3n) is 5.41. The number of hydrogen-bond acceptors (Lipinski definition) is 5. The maximum Gasteiger partial charge on any atom is 0.251 e. The van der Waals surface area contributed by atoms with Gasteiger partial charge in [-0.15, -0.1) is 0 Å². The summed E-state index contributed by atoms with van der Waals surface area (Å²) < 4.78 is 15.8. The molecule has 0 unspecified atom stereocenters. The molecule has 0 aliphatic heterocycles. The first-order valence-corrected chi connectivity index (χ1v) is 10.1. The number of carbonyl (C=O) groups is 2. The fourth-order valence-electron chi connectivity index (χ4n) is 3.90. The zero-order chi connectivity index (χ0) is 22.7. The van der Waals surface area contributed by atoms with Gasteiger partial charge in [-0.25, -0.2) is 0 Å². The second kappa shape index (κ2) is 9.01. The van der Waals surface area contributed by atoms with Crippen molar-refractivity contribution in [2.75, 3.05) is 33.2 Å². The van der Waals surface area contributed by atoms with Gasteiger partial charge in [-0.2, -0.15) is 0 Å². The molecule has 32 heavy (non-hydrogen) atoms. The van der Waals surface area contributed by atoms with Crippen molar-refractivity contribution in [2.24, 2.45) is 0 Å². The minimum Gasteiger partial charge on any atom is -0.493 e. The van der Waals surface area contributed by atoms with Crippen LogP contribution in [0.25, 0.3) is 11.1 Å². The largest absolute Gasteiger partial charge is 0.493 e. The summed E-state index contributed by atoms with van der Waals surface area (Å²) in [6, 6.07) is 17.2. The van der Waals surface area contributed by atoms with E-state index in [9.17, 15) is 9.59 Å². The SMILES string of the molecule is COc1cc(C(=O)NCC(=O)Nc2ccc3c(c2)Cc2ccccc2-3)cc(OC)c1OC. The molecule has 2 N–H and O–H groups in total. The number of rotatable bonds is 7. The molecule has 7 heteroatoms. The van der Waals surface area contributed by atoms with E-state index in [4.69, 9.17) is 14.2 Å². The molecule has 1 aliphatic rings. The second-order valence-electron chi connectivity index (χ2n) is 7.35. The molecule has 0 atom stereocenters. The summed E-state index contributed by atoms with van der Waals surface area (Å²) in [4.78, 5) is 25.0. The number of hydrogen-bond donors (Lipinski definition) is 2. The van der Waals surface area contributed by atoms with Gasteiger partial charge in [0.1, 0.15) is 0 Å². The molecule has 3 aromatic carbocycles. The molecule has 0 bridgehead atoms. The number of benzene rings is 3. The van der Waals surface area contributed by atoms with Crippen LogP contribution in [-0.4, -0.2) is 39.7 Å². The standard InChI is InChI=1S/C25H24N2O5/c1-30-21-12-17(13-22(31-2)24(21)32-3)25(29)26-14-23(28)27-18-8-9-20-16(11-18)10-15-6-4-5-7-19(15)20/h4-9,11-13H,10,14H2,1-3H3,(H,26,29)(H,27,28). The third kappa shape index (κ3) is 4.09. The summed E-state index contributed by atoms with van der Waals surface area (Å²) in [5.41, 5.74) is 5.87. The fraction of sp³-hybridized carbons (Fsp3) is 0.200. The molecule has 0 heterocycles. The molecule has 0 saturated heterocycles. The van der Waals surface area contributed by atoms with Gasteiger partial charge in [0.15, 0.2) is 11.5 Å². The molecule has 0 spiro atoms. The van der Waals surface area contributed by atoms with Crippen LogP contribution in [0.1, 0.15) is 21.5 Å². The number of ether oxygens (including phenoxy) is 3. The van der Waals surface area contributed by atoms with Crippen molar-refractivity contribution in [3.63, 3.8) is 0 Å². The van der Waals surface area contributed by atoms with Crippen molar-refractivity contribution >= 4 is 17.5 Å². The van der Waals surface area contributed by atoms with Crippen molar-refractivity contribution in [2.45, 2.75) is 6.42 Å². The van der Waals surface area contributed by atoms with E-state index in [1.54, 1.807) is 0 Å². The summed E-state index contributed by atoms with van der Waals surface area (Å²) in [5, 5.41) is 5.47. The van der Waals surface area contributed by atoms with E-state index < -0.39 is 5.91 Å². The van der Waals surface area contributed by atoms with Crippen LogP contribution in [0.3, 0.4) is 0 Å². The molecule has 4 rings (SSSR count). The normalized spacial score (nSPS) is 11.2. The maximum absolute atomic E-state index is 12.6. The van der Waals surface area contributed by atoms with Crippen molar-refractivity contribution < 1.29 is 23.8 Å². The van der Waals surface area contributed by atoms with Crippen LogP contribution in [0.4, 0.5) is 5.69 Å². The smallest absolute Gasteiger partial charge is 0.251 e. The van der Waals surface area contributed by atoms with Gasteiger partial charge < -0.3 is 24.8 Å². The third-order valence-corrected chi connectivity index (χ3v) is 5.41. The van der Waals surface area contributed by atoms with E-state index >= 15 is 0 Å². The number of methoxy groups -OCH3 is 3. The van der Waals surface area contributed by atoms with E-state index in [2.05, 4.69) is 22.8 Å². The molecule has 2 amide bonds. The Morgan fingerprint density at radius 2 is 1.53 bits per heavy atom. The molecule has 0 saturated carbocycles. The monoisotopic (exact) mass is 432 g/mol. The Hall–Kier alpha value is -4.00. The van der Waals surface area contributed by atoms with Gasteiger partial charge in [-0.3, -0.25) is 9.59 Å². The number of carbonyl (C=O) groups excluding carboxylic acids is 2. The van der Waals surface area contributed by atoms with Crippen LogP contribution >= 0.6 is 0 Å². The van der Waals surface area contributed by atoms with Gasteiger partial charge in [-0.05, 0) is 52.9 Å². The van der Waals surface area contributed by atoms with Crippen molar-refractivity contribution in [1.82, 2.24) is 5.32 Å². The highest BCUT2D eigenvalue weighted by atomic mass is 16.5. The summed E-state index contributed by atoms with van der Waals surface area (Å²) in [6.45, 7) is -0.174. The Bertz CT molecular complexity index is 1160. The lowest BCUT2D eigenvalue weighted by molar-refractivity contribution is -0.115. The topological polar surface area (TPSA) is 85.9 Å². The highest BCUT2D eigenvalue weighted by Crippen LogP contribution is 2.38. The number of anilines is 1. The Morgan fingerprint density at radius 1 is 0.844 bits per heavy atom. The minimum absolute atomic E-state index is 0.174. The van der Waals surface area contributed by atoms with E-state index in [-0.39, 0.29) is 12.5 Å². The Labute approximate surface area is 186 Å². The molecule has 164 valence electrons.